The zero-order valence-electron chi connectivity index (χ0n) is 27.4. The fraction of sp³-hybridized carbons (Fsp3) is 0.500. The first-order valence-electron chi connectivity index (χ1n) is 15.6. The van der Waals surface area contributed by atoms with E-state index in [0.29, 0.717) is 25.8 Å². The van der Waals surface area contributed by atoms with Gasteiger partial charge in [0.1, 0.15) is 18.5 Å². The van der Waals surface area contributed by atoms with Crippen molar-refractivity contribution < 1.29 is 33.7 Å². The van der Waals surface area contributed by atoms with Crippen LogP contribution < -0.4 is 10.6 Å². The van der Waals surface area contributed by atoms with Crippen LogP contribution in [-0.4, -0.2) is 69.0 Å². The van der Waals surface area contributed by atoms with Crippen LogP contribution in [0, 0.1) is 0 Å². The second-order valence-corrected chi connectivity index (χ2v) is 13.3. The molecule has 46 heavy (non-hydrogen) atoms. The third-order valence-corrected chi connectivity index (χ3v) is 7.43. The topological polar surface area (TPSA) is 154 Å². The number of nitrogens with one attached hydrogen (secondary N) is 2. The molecule has 12 heteroatoms. The lowest BCUT2D eigenvalue weighted by Crippen LogP contribution is -2.37. The number of carbonyl (C=O) groups excluding carboxylic acids is 2. The standard InChI is InChI=1S/C34H45N5O7/c1-33(2,3)45-20-28(30(40)41)39-21-36-38-29(39)27(37-32(43)46-34(4,5)6)17-11-12-18-35-31(42)44-19-26-24-15-9-7-13-22(24)23-14-8-10-16-25(23)26/h7-10,13-16,21,26-28H,11-12,17-20H2,1-6H3,(H,35,42)(H,37,43)(H,40,41). The van der Waals surface area contributed by atoms with Crippen LogP contribution in [0.25, 0.3) is 11.1 Å². The Kier molecular flexibility index (Phi) is 11.0. The average molecular weight is 636 g/mol. The molecule has 2 amide bonds. The molecule has 3 aromatic rings. The Morgan fingerprint density at radius 3 is 2.13 bits per heavy atom. The first kappa shape index (κ1) is 34.4. The number of aromatic nitrogens is 3. The monoisotopic (exact) mass is 635 g/mol. The van der Waals surface area contributed by atoms with Gasteiger partial charge in [-0.05, 0) is 83.1 Å². The maximum absolute atomic E-state index is 12.7. The molecule has 2 unspecified atom stereocenters. The number of hydrogen-bond acceptors (Lipinski definition) is 8. The maximum Gasteiger partial charge on any atom is 0.408 e. The summed E-state index contributed by atoms with van der Waals surface area (Å²) in [4.78, 5) is 37.6. The molecule has 248 valence electrons. The highest BCUT2D eigenvalue weighted by atomic mass is 16.6. The Bertz CT molecular complexity index is 1460. The van der Waals surface area contributed by atoms with E-state index in [2.05, 4.69) is 45.1 Å². The summed E-state index contributed by atoms with van der Waals surface area (Å²) in [6.07, 6.45) is 1.67. The van der Waals surface area contributed by atoms with Crippen LogP contribution in [0.1, 0.15) is 95.8 Å². The number of carboxylic acids is 1. The van der Waals surface area contributed by atoms with E-state index in [9.17, 15) is 19.5 Å². The lowest BCUT2D eigenvalue weighted by Gasteiger charge is -2.26. The van der Waals surface area contributed by atoms with Crippen LogP contribution >= 0.6 is 0 Å². The maximum atomic E-state index is 12.7. The van der Waals surface area contributed by atoms with Crippen molar-refractivity contribution in [3.05, 3.63) is 71.8 Å². The van der Waals surface area contributed by atoms with E-state index in [1.807, 2.05) is 45.0 Å². The third-order valence-electron chi connectivity index (χ3n) is 7.43. The minimum absolute atomic E-state index is 0.0291. The van der Waals surface area contributed by atoms with E-state index in [1.165, 1.54) is 10.9 Å². The number of aliphatic carboxylic acids is 1. The molecule has 0 bridgehead atoms. The molecule has 0 radical (unpaired) electrons. The highest BCUT2D eigenvalue weighted by Crippen LogP contribution is 2.44. The molecule has 0 aliphatic heterocycles. The molecular weight excluding hydrogens is 590 g/mol. The number of rotatable bonds is 13. The van der Waals surface area contributed by atoms with E-state index < -0.39 is 41.4 Å². The first-order chi connectivity index (χ1) is 21.7. The number of hydrogen-bond donors (Lipinski definition) is 3. The summed E-state index contributed by atoms with van der Waals surface area (Å²) < 4.78 is 18.2. The average Bonchev–Trinajstić information content (AvgIpc) is 3.57. The van der Waals surface area contributed by atoms with Crippen LogP contribution in [0.3, 0.4) is 0 Å². The molecule has 0 saturated heterocycles. The Labute approximate surface area is 269 Å². The van der Waals surface area contributed by atoms with Crippen LogP contribution in [0.5, 0.6) is 0 Å². The summed E-state index contributed by atoms with van der Waals surface area (Å²) in [6.45, 7) is 11.2. The molecule has 1 aliphatic carbocycles. The molecule has 0 saturated carbocycles. The van der Waals surface area contributed by atoms with Gasteiger partial charge in [0.2, 0.25) is 0 Å². The van der Waals surface area contributed by atoms with E-state index in [-0.39, 0.29) is 25.0 Å². The second-order valence-electron chi connectivity index (χ2n) is 13.3. The second kappa shape index (κ2) is 14.8. The third kappa shape index (κ3) is 9.29. The number of amides is 2. The van der Waals surface area contributed by atoms with E-state index in [0.717, 1.165) is 22.3 Å². The fourth-order valence-corrected chi connectivity index (χ4v) is 5.37. The fourth-order valence-electron chi connectivity index (χ4n) is 5.37. The minimum atomic E-state index is -1.12. The van der Waals surface area contributed by atoms with E-state index in [4.69, 9.17) is 14.2 Å². The molecule has 0 spiro atoms. The summed E-state index contributed by atoms with van der Waals surface area (Å²) in [6, 6.07) is 14.5. The number of alkyl carbamates (subject to hydrolysis) is 2. The highest BCUT2D eigenvalue weighted by molar-refractivity contribution is 5.79. The molecule has 1 aliphatic rings. The van der Waals surface area contributed by atoms with Crippen molar-refractivity contribution >= 4 is 18.2 Å². The molecule has 2 atom stereocenters. The molecule has 12 nitrogen and oxygen atoms in total. The summed E-state index contributed by atoms with van der Waals surface area (Å²) in [5.74, 6) is -0.882. The van der Waals surface area contributed by atoms with Gasteiger partial charge < -0.3 is 30.0 Å². The van der Waals surface area contributed by atoms with Crippen molar-refractivity contribution in [3.8, 4) is 11.1 Å². The Balaban J connectivity index is 1.34. The van der Waals surface area contributed by atoms with Gasteiger partial charge in [-0.3, -0.25) is 4.57 Å². The molecule has 4 rings (SSSR count). The number of ether oxygens (including phenoxy) is 3. The normalized spacial score (nSPS) is 14.1. The molecule has 0 fully saturated rings. The quantitative estimate of drug-likeness (QED) is 0.192. The predicted octanol–water partition coefficient (Wildman–Crippen LogP) is 5.99. The van der Waals surface area contributed by atoms with Gasteiger partial charge >= 0.3 is 18.2 Å². The van der Waals surface area contributed by atoms with Gasteiger partial charge in [-0.2, -0.15) is 0 Å². The lowest BCUT2D eigenvalue weighted by atomic mass is 9.98. The lowest BCUT2D eigenvalue weighted by molar-refractivity contribution is -0.144. The van der Waals surface area contributed by atoms with Crippen molar-refractivity contribution in [3.63, 3.8) is 0 Å². The van der Waals surface area contributed by atoms with Crippen molar-refractivity contribution in [1.82, 2.24) is 25.4 Å². The van der Waals surface area contributed by atoms with E-state index in [1.54, 1.807) is 20.8 Å². The van der Waals surface area contributed by atoms with Gasteiger partial charge in [0, 0.05) is 12.5 Å². The van der Waals surface area contributed by atoms with Crippen molar-refractivity contribution in [2.45, 2.75) is 90.0 Å². The number of benzene rings is 2. The molecular formula is C34H45N5O7. The molecule has 2 aromatic carbocycles. The number of fused-ring (bicyclic) bond motifs is 3. The molecule has 3 N–H and O–H groups in total. The van der Waals surface area contributed by atoms with Crippen LogP contribution in [-0.2, 0) is 19.0 Å². The number of carboxylic acid groups (broad SMARTS) is 1. The van der Waals surface area contributed by atoms with Crippen molar-refractivity contribution in [2.24, 2.45) is 0 Å². The van der Waals surface area contributed by atoms with Gasteiger partial charge in [0.25, 0.3) is 0 Å². The smallest absolute Gasteiger partial charge is 0.408 e. The zero-order chi connectivity index (χ0) is 33.5. The summed E-state index contributed by atoms with van der Waals surface area (Å²) >= 11 is 0. The van der Waals surface area contributed by atoms with Gasteiger partial charge in [0.15, 0.2) is 11.9 Å². The largest absolute Gasteiger partial charge is 0.480 e. The van der Waals surface area contributed by atoms with Gasteiger partial charge in [-0.25, -0.2) is 14.4 Å². The van der Waals surface area contributed by atoms with Gasteiger partial charge in [-0.1, -0.05) is 48.5 Å². The van der Waals surface area contributed by atoms with Crippen LogP contribution in [0.4, 0.5) is 9.59 Å². The number of nitrogens with zero attached hydrogens (tertiary/aromatic N) is 3. The first-order valence-corrected chi connectivity index (χ1v) is 15.6. The molecule has 1 heterocycles. The Hall–Kier alpha value is -4.45. The predicted molar refractivity (Wildman–Crippen MR) is 171 cm³/mol. The highest BCUT2D eigenvalue weighted by Gasteiger charge is 2.31. The Morgan fingerprint density at radius 1 is 0.913 bits per heavy atom. The Morgan fingerprint density at radius 2 is 1.54 bits per heavy atom. The number of unbranched alkanes of at least 4 members (excludes halogenated alkanes) is 1. The van der Waals surface area contributed by atoms with Crippen LogP contribution in [0.2, 0.25) is 0 Å². The number of carbonyl (C=O) groups is 3. The van der Waals surface area contributed by atoms with E-state index >= 15 is 0 Å². The van der Waals surface area contributed by atoms with Crippen LogP contribution in [0.15, 0.2) is 54.9 Å². The minimum Gasteiger partial charge on any atom is -0.480 e. The van der Waals surface area contributed by atoms with Crippen molar-refractivity contribution in [1.29, 1.82) is 0 Å². The summed E-state index contributed by atoms with van der Waals surface area (Å²) in [5, 5.41) is 23.7. The van der Waals surface area contributed by atoms with Gasteiger partial charge in [0.05, 0.1) is 18.2 Å². The molecule has 1 aromatic heterocycles. The zero-order valence-corrected chi connectivity index (χ0v) is 27.4. The van der Waals surface area contributed by atoms with Crippen molar-refractivity contribution in [2.75, 3.05) is 19.8 Å². The SMILES string of the molecule is CC(C)(C)OCC(C(=O)O)n1cnnc1C(CCCCNC(=O)OCC1c2ccccc2-c2ccccc21)NC(=O)OC(C)(C)C. The summed E-state index contributed by atoms with van der Waals surface area (Å²) in [7, 11) is 0. The summed E-state index contributed by atoms with van der Waals surface area (Å²) in [5.41, 5.74) is 3.31. The van der Waals surface area contributed by atoms with Gasteiger partial charge in [-0.15, -0.1) is 10.2 Å².